The molecule has 2 nitrogen and oxygen atoms in total. The number of rotatable bonds is 7. The van der Waals surface area contributed by atoms with Crippen molar-refractivity contribution in [2.45, 2.75) is 39.2 Å². The third-order valence-corrected chi connectivity index (χ3v) is 3.70. The van der Waals surface area contributed by atoms with Crippen molar-refractivity contribution in [3.05, 3.63) is 65.5 Å². The van der Waals surface area contributed by atoms with Crippen molar-refractivity contribution in [2.24, 2.45) is 0 Å². The highest BCUT2D eigenvalue weighted by atomic mass is 14.9. The van der Waals surface area contributed by atoms with E-state index in [0.717, 1.165) is 25.8 Å². The molecule has 0 amide bonds. The van der Waals surface area contributed by atoms with Crippen LogP contribution in [0, 0.1) is 6.92 Å². The SMILES string of the molecule is CCNC(CCc1ccccc1C)Cc1ccccn1. The summed E-state index contributed by atoms with van der Waals surface area (Å²) in [5, 5.41) is 3.58. The normalized spacial score (nSPS) is 12.3. The Kier molecular flexibility index (Phi) is 5.75. The van der Waals surface area contributed by atoms with E-state index in [1.807, 2.05) is 12.3 Å². The van der Waals surface area contributed by atoms with Crippen LogP contribution in [0.2, 0.25) is 0 Å². The second-order valence-corrected chi connectivity index (χ2v) is 5.24. The van der Waals surface area contributed by atoms with Gasteiger partial charge in [0.15, 0.2) is 0 Å². The maximum absolute atomic E-state index is 4.43. The number of hydrogen-bond donors (Lipinski definition) is 1. The number of likely N-dealkylation sites (N-methyl/N-ethyl adjacent to an activating group) is 1. The van der Waals surface area contributed by atoms with Crippen molar-refractivity contribution in [2.75, 3.05) is 6.54 Å². The van der Waals surface area contributed by atoms with Gasteiger partial charge in [-0.25, -0.2) is 0 Å². The molecule has 0 radical (unpaired) electrons. The quantitative estimate of drug-likeness (QED) is 0.830. The van der Waals surface area contributed by atoms with E-state index in [9.17, 15) is 0 Å². The highest BCUT2D eigenvalue weighted by Gasteiger charge is 2.10. The predicted molar refractivity (Wildman–Crippen MR) is 84.9 cm³/mol. The molecule has 1 N–H and O–H groups in total. The summed E-state index contributed by atoms with van der Waals surface area (Å²) in [5.74, 6) is 0. The summed E-state index contributed by atoms with van der Waals surface area (Å²) in [6.45, 7) is 5.36. The van der Waals surface area contributed by atoms with Gasteiger partial charge in [-0.3, -0.25) is 4.98 Å². The van der Waals surface area contributed by atoms with Crippen molar-refractivity contribution >= 4 is 0 Å². The first-order valence-corrected chi connectivity index (χ1v) is 7.47. The molecule has 1 aromatic heterocycles. The zero-order valence-corrected chi connectivity index (χ0v) is 12.5. The second kappa shape index (κ2) is 7.81. The lowest BCUT2D eigenvalue weighted by Crippen LogP contribution is -2.31. The van der Waals surface area contributed by atoms with Gasteiger partial charge >= 0.3 is 0 Å². The molecule has 0 bridgehead atoms. The summed E-state index contributed by atoms with van der Waals surface area (Å²) < 4.78 is 0. The van der Waals surface area contributed by atoms with E-state index >= 15 is 0 Å². The van der Waals surface area contributed by atoms with E-state index in [1.54, 1.807) is 0 Å². The first kappa shape index (κ1) is 14.7. The third-order valence-electron chi connectivity index (χ3n) is 3.70. The number of hydrogen-bond acceptors (Lipinski definition) is 2. The van der Waals surface area contributed by atoms with E-state index in [0.29, 0.717) is 6.04 Å². The van der Waals surface area contributed by atoms with E-state index < -0.39 is 0 Å². The summed E-state index contributed by atoms with van der Waals surface area (Å²) in [4.78, 5) is 4.43. The molecule has 1 unspecified atom stereocenters. The van der Waals surface area contributed by atoms with Gasteiger partial charge in [-0.1, -0.05) is 37.3 Å². The lowest BCUT2D eigenvalue weighted by Gasteiger charge is -2.18. The van der Waals surface area contributed by atoms with Crippen LogP contribution in [0.3, 0.4) is 0 Å². The van der Waals surface area contributed by atoms with Crippen LogP contribution in [-0.2, 0) is 12.8 Å². The topological polar surface area (TPSA) is 24.9 Å². The molecule has 0 fully saturated rings. The van der Waals surface area contributed by atoms with E-state index in [4.69, 9.17) is 0 Å². The second-order valence-electron chi connectivity index (χ2n) is 5.24. The lowest BCUT2D eigenvalue weighted by atomic mass is 9.98. The van der Waals surface area contributed by atoms with Crippen molar-refractivity contribution < 1.29 is 0 Å². The van der Waals surface area contributed by atoms with Crippen molar-refractivity contribution in [3.8, 4) is 0 Å². The number of aromatic nitrogens is 1. The van der Waals surface area contributed by atoms with Gasteiger partial charge in [-0.05, 0) is 49.6 Å². The summed E-state index contributed by atoms with van der Waals surface area (Å²) in [6, 6.07) is 15.3. The molecule has 1 atom stereocenters. The summed E-state index contributed by atoms with van der Waals surface area (Å²) >= 11 is 0. The summed E-state index contributed by atoms with van der Waals surface area (Å²) in [5.41, 5.74) is 4.01. The Morgan fingerprint density at radius 2 is 1.90 bits per heavy atom. The monoisotopic (exact) mass is 268 g/mol. The Bertz CT molecular complexity index is 508. The zero-order valence-electron chi connectivity index (χ0n) is 12.5. The largest absolute Gasteiger partial charge is 0.314 e. The van der Waals surface area contributed by atoms with Crippen LogP contribution in [0.15, 0.2) is 48.7 Å². The molecule has 2 aromatic rings. The first-order chi connectivity index (χ1) is 9.79. The lowest BCUT2D eigenvalue weighted by molar-refractivity contribution is 0.486. The minimum absolute atomic E-state index is 0.495. The number of nitrogens with one attached hydrogen (secondary N) is 1. The molecule has 2 rings (SSSR count). The van der Waals surface area contributed by atoms with Crippen LogP contribution in [0.4, 0.5) is 0 Å². The van der Waals surface area contributed by atoms with Crippen LogP contribution < -0.4 is 5.32 Å². The molecule has 0 aliphatic rings. The Labute approximate surface area is 122 Å². The van der Waals surface area contributed by atoms with Crippen LogP contribution in [0.1, 0.15) is 30.2 Å². The molecule has 0 aliphatic heterocycles. The van der Waals surface area contributed by atoms with Crippen molar-refractivity contribution in [3.63, 3.8) is 0 Å². The first-order valence-electron chi connectivity index (χ1n) is 7.47. The minimum Gasteiger partial charge on any atom is -0.314 e. The summed E-state index contributed by atoms with van der Waals surface area (Å²) in [6.07, 6.45) is 5.15. The molecule has 20 heavy (non-hydrogen) atoms. The van der Waals surface area contributed by atoms with Crippen LogP contribution >= 0.6 is 0 Å². The maximum Gasteiger partial charge on any atom is 0.0419 e. The molecular formula is C18H24N2. The fraction of sp³-hybridized carbons (Fsp3) is 0.389. The van der Waals surface area contributed by atoms with E-state index in [-0.39, 0.29) is 0 Å². The smallest absolute Gasteiger partial charge is 0.0419 e. The number of aryl methyl sites for hydroxylation is 2. The van der Waals surface area contributed by atoms with Gasteiger partial charge in [0.25, 0.3) is 0 Å². The fourth-order valence-corrected chi connectivity index (χ4v) is 2.56. The van der Waals surface area contributed by atoms with Gasteiger partial charge in [0, 0.05) is 24.4 Å². The van der Waals surface area contributed by atoms with Gasteiger partial charge < -0.3 is 5.32 Å². The van der Waals surface area contributed by atoms with Crippen molar-refractivity contribution in [1.29, 1.82) is 0 Å². The van der Waals surface area contributed by atoms with Gasteiger partial charge in [-0.2, -0.15) is 0 Å². The van der Waals surface area contributed by atoms with Gasteiger partial charge in [0.2, 0.25) is 0 Å². The minimum atomic E-state index is 0.495. The zero-order chi connectivity index (χ0) is 14.2. The fourth-order valence-electron chi connectivity index (χ4n) is 2.56. The Morgan fingerprint density at radius 1 is 1.10 bits per heavy atom. The van der Waals surface area contributed by atoms with Gasteiger partial charge in [-0.15, -0.1) is 0 Å². The highest BCUT2D eigenvalue weighted by Crippen LogP contribution is 2.12. The number of benzene rings is 1. The molecule has 0 aliphatic carbocycles. The van der Waals surface area contributed by atoms with Crippen LogP contribution in [-0.4, -0.2) is 17.6 Å². The Hall–Kier alpha value is -1.67. The van der Waals surface area contributed by atoms with Gasteiger partial charge in [0.05, 0.1) is 0 Å². The number of nitrogens with zero attached hydrogens (tertiary/aromatic N) is 1. The molecule has 0 saturated heterocycles. The Balaban J connectivity index is 1.94. The molecule has 0 saturated carbocycles. The maximum atomic E-state index is 4.43. The predicted octanol–water partition coefficient (Wildman–Crippen LogP) is 3.54. The number of pyridine rings is 1. The standard InChI is InChI=1S/C18H24N2/c1-3-19-18(14-17-10-6-7-13-20-17)12-11-16-9-5-4-8-15(16)2/h4-10,13,18-19H,3,11-12,14H2,1-2H3. The van der Waals surface area contributed by atoms with Crippen LogP contribution in [0.25, 0.3) is 0 Å². The van der Waals surface area contributed by atoms with E-state index in [2.05, 4.69) is 60.5 Å². The third kappa shape index (κ3) is 4.46. The average molecular weight is 268 g/mol. The van der Waals surface area contributed by atoms with E-state index in [1.165, 1.54) is 16.8 Å². The van der Waals surface area contributed by atoms with Crippen LogP contribution in [0.5, 0.6) is 0 Å². The van der Waals surface area contributed by atoms with Crippen molar-refractivity contribution in [1.82, 2.24) is 10.3 Å². The highest BCUT2D eigenvalue weighted by molar-refractivity contribution is 5.25. The Morgan fingerprint density at radius 3 is 2.60 bits per heavy atom. The average Bonchev–Trinajstić information content (AvgIpc) is 2.47. The molecule has 106 valence electrons. The molecule has 0 spiro atoms. The molecule has 1 heterocycles. The summed E-state index contributed by atoms with van der Waals surface area (Å²) in [7, 11) is 0. The molecule has 1 aromatic carbocycles. The molecular weight excluding hydrogens is 244 g/mol. The van der Waals surface area contributed by atoms with Gasteiger partial charge in [0.1, 0.15) is 0 Å². The molecule has 2 heteroatoms.